The summed E-state index contributed by atoms with van der Waals surface area (Å²) in [6.45, 7) is 6.40. The van der Waals surface area contributed by atoms with Gasteiger partial charge in [0.15, 0.2) is 0 Å². The molecule has 1 atom stereocenters. The second-order valence-electron chi connectivity index (χ2n) is 8.35. The lowest BCUT2D eigenvalue weighted by molar-refractivity contribution is -0.132. The Morgan fingerprint density at radius 2 is 1.68 bits per heavy atom. The van der Waals surface area contributed by atoms with Gasteiger partial charge >= 0.3 is 0 Å². The zero-order valence-corrected chi connectivity index (χ0v) is 20.6. The number of nitrogens with one attached hydrogen (secondary N) is 2. The summed E-state index contributed by atoms with van der Waals surface area (Å²) in [6.07, 6.45) is 0.811. The van der Waals surface area contributed by atoms with Crippen LogP contribution >= 0.6 is 0 Å². The first-order valence-electron chi connectivity index (χ1n) is 11.2. The average Bonchev–Trinajstić information content (AvgIpc) is 3.04. The molecule has 184 valence electrons. The Kier molecular flexibility index (Phi) is 8.65. The second kappa shape index (κ2) is 11.5. The van der Waals surface area contributed by atoms with Crippen LogP contribution in [0.2, 0.25) is 0 Å². The van der Waals surface area contributed by atoms with Crippen molar-refractivity contribution in [3.63, 3.8) is 0 Å². The quantitative estimate of drug-likeness (QED) is 0.589. The lowest BCUT2D eigenvalue weighted by Crippen LogP contribution is -2.47. The molecule has 0 spiro atoms. The van der Waals surface area contributed by atoms with Crippen molar-refractivity contribution in [3.8, 4) is 5.75 Å². The van der Waals surface area contributed by atoms with Gasteiger partial charge in [-0.25, -0.2) is 8.42 Å². The Morgan fingerprint density at radius 1 is 1.00 bits per heavy atom. The molecule has 0 aliphatic carbocycles. The fourth-order valence-corrected chi connectivity index (χ4v) is 5.08. The molecule has 0 radical (unpaired) electrons. The maximum atomic E-state index is 13.0. The van der Waals surface area contributed by atoms with E-state index in [0.29, 0.717) is 25.3 Å². The van der Waals surface area contributed by atoms with Crippen molar-refractivity contribution in [1.82, 2.24) is 14.5 Å². The van der Waals surface area contributed by atoms with Crippen molar-refractivity contribution >= 4 is 27.5 Å². The van der Waals surface area contributed by atoms with E-state index in [-0.39, 0.29) is 16.7 Å². The van der Waals surface area contributed by atoms with E-state index in [0.717, 1.165) is 25.3 Å². The van der Waals surface area contributed by atoms with Crippen molar-refractivity contribution in [1.29, 1.82) is 0 Å². The molecule has 10 heteroatoms. The van der Waals surface area contributed by atoms with Crippen molar-refractivity contribution in [2.75, 3.05) is 38.6 Å². The predicted octanol–water partition coefficient (Wildman–Crippen LogP) is 2.05. The Morgan fingerprint density at radius 3 is 2.29 bits per heavy atom. The Hall–Kier alpha value is -2.95. The van der Waals surface area contributed by atoms with Crippen LogP contribution in [0.4, 0.5) is 5.69 Å². The number of carbonyl (C=O) groups excluding carboxylic acids is 2. The molecule has 1 aliphatic heterocycles. The number of nitrogens with zero attached hydrogens (tertiary/aromatic N) is 2. The van der Waals surface area contributed by atoms with Gasteiger partial charge in [-0.05, 0) is 55.3 Å². The smallest absolute Gasteiger partial charge is 0.241 e. The summed E-state index contributed by atoms with van der Waals surface area (Å²) in [5.74, 6) is 0.328. The number of benzene rings is 2. The first-order chi connectivity index (χ1) is 16.2. The molecular formula is C24H32N4O5S. The number of carbonyl (C=O) groups is 2. The van der Waals surface area contributed by atoms with Crippen LogP contribution in [0.5, 0.6) is 5.75 Å². The van der Waals surface area contributed by atoms with E-state index in [2.05, 4.69) is 14.9 Å². The molecule has 9 nitrogen and oxygen atoms in total. The Bertz CT molecular complexity index is 1090. The first-order valence-corrected chi connectivity index (χ1v) is 12.7. The van der Waals surface area contributed by atoms with Gasteiger partial charge in [-0.3, -0.25) is 14.5 Å². The van der Waals surface area contributed by atoms with Crippen LogP contribution in [-0.2, 0) is 26.2 Å². The molecule has 2 aromatic carbocycles. The number of rotatable bonds is 8. The van der Waals surface area contributed by atoms with Crippen molar-refractivity contribution < 1.29 is 22.7 Å². The van der Waals surface area contributed by atoms with E-state index in [1.54, 1.807) is 18.9 Å². The molecule has 0 bridgehead atoms. The van der Waals surface area contributed by atoms with Crippen LogP contribution in [0.1, 0.15) is 25.8 Å². The van der Waals surface area contributed by atoms with E-state index in [4.69, 9.17) is 4.74 Å². The van der Waals surface area contributed by atoms with Gasteiger partial charge in [0.2, 0.25) is 21.8 Å². The second-order valence-corrected chi connectivity index (χ2v) is 10.1. The minimum absolute atomic E-state index is 0.0304. The number of amides is 2. The van der Waals surface area contributed by atoms with Gasteiger partial charge in [0, 0.05) is 45.3 Å². The van der Waals surface area contributed by atoms with Gasteiger partial charge in [-0.1, -0.05) is 12.1 Å². The highest BCUT2D eigenvalue weighted by Crippen LogP contribution is 2.16. The number of methoxy groups -OCH3 is 1. The summed E-state index contributed by atoms with van der Waals surface area (Å²) < 4.78 is 33.2. The summed E-state index contributed by atoms with van der Waals surface area (Å²) in [7, 11) is -2.25. The van der Waals surface area contributed by atoms with Gasteiger partial charge in [0.1, 0.15) is 5.75 Å². The summed E-state index contributed by atoms with van der Waals surface area (Å²) in [6, 6.07) is 12.9. The van der Waals surface area contributed by atoms with E-state index in [1.807, 2.05) is 24.3 Å². The summed E-state index contributed by atoms with van der Waals surface area (Å²) >= 11 is 0. The normalized spacial score (nSPS) is 15.9. The molecule has 1 saturated heterocycles. The molecule has 0 unspecified atom stereocenters. The summed E-state index contributed by atoms with van der Waals surface area (Å²) in [4.78, 5) is 28.2. The number of anilines is 1. The lowest BCUT2D eigenvalue weighted by atomic mass is 10.2. The van der Waals surface area contributed by atoms with E-state index >= 15 is 0 Å². The van der Waals surface area contributed by atoms with Crippen LogP contribution in [-0.4, -0.2) is 69.4 Å². The molecule has 0 saturated carbocycles. The van der Waals surface area contributed by atoms with Gasteiger partial charge in [-0.15, -0.1) is 0 Å². The minimum atomic E-state index is -3.89. The number of hydrogen-bond acceptors (Lipinski definition) is 6. The SMILES string of the molecule is COc1ccc(CN2CCCN(C(=O)[C@H](C)NS(=O)(=O)c3ccc(NC(C)=O)cc3)CC2)cc1. The highest BCUT2D eigenvalue weighted by atomic mass is 32.2. The Balaban J connectivity index is 1.55. The molecule has 1 heterocycles. The van der Waals surface area contributed by atoms with Gasteiger partial charge in [0.25, 0.3) is 0 Å². The topological polar surface area (TPSA) is 108 Å². The monoisotopic (exact) mass is 488 g/mol. The number of hydrogen-bond donors (Lipinski definition) is 2. The average molecular weight is 489 g/mol. The van der Waals surface area contributed by atoms with E-state index in [9.17, 15) is 18.0 Å². The van der Waals surface area contributed by atoms with Crippen LogP contribution in [0, 0.1) is 0 Å². The molecule has 2 N–H and O–H groups in total. The van der Waals surface area contributed by atoms with Crippen LogP contribution in [0.15, 0.2) is 53.4 Å². The maximum Gasteiger partial charge on any atom is 0.241 e. The number of sulfonamides is 1. The molecule has 1 fully saturated rings. The highest BCUT2D eigenvalue weighted by Gasteiger charge is 2.27. The zero-order valence-electron chi connectivity index (χ0n) is 19.8. The minimum Gasteiger partial charge on any atom is -0.497 e. The number of ether oxygens (including phenoxy) is 1. The van der Waals surface area contributed by atoms with Crippen LogP contribution in [0.3, 0.4) is 0 Å². The third-order valence-electron chi connectivity index (χ3n) is 5.65. The molecule has 34 heavy (non-hydrogen) atoms. The van der Waals surface area contributed by atoms with E-state index < -0.39 is 16.1 Å². The first kappa shape index (κ1) is 25.7. The Labute approximate surface area is 201 Å². The lowest BCUT2D eigenvalue weighted by Gasteiger charge is -2.25. The molecule has 0 aromatic heterocycles. The third kappa shape index (κ3) is 7.02. The molecule has 2 aromatic rings. The van der Waals surface area contributed by atoms with Crippen molar-refractivity contribution in [2.24, 2.45) is 0 Å². The third-order valence-corrected chi connectivity index (χ3v) is 7.21. The van der Waals surface area contributed by atoms with E-state index in [1.165, 1.54) is 36.8 Å². The molecule has 1 aliphatic rings. The summed E-state index contributed by atoms with van der Waals surface area (Å²) in [5.41, 5.74) is 1.67. The highest BCUT2D eigenvalue weighted by molar-refractivity contribution is 7.89. The predicted molar refractivity (Wildman–Crippen MR) is 130 cm³/mol. The zero-order chi connectivity index (χ0) is 24.7. The van der Waals surface area contributed by atoms with Crippen molar-refractivity contribution in [3.05, 3.63) is 54.1 Å². The summed E-state index contributed by atoms with van der Waals surface area (Å²) in [5, 5.41) is 2.59. The fourth-order valence-electron chi connectivity index (χ4n) is 3.88. The van der Waals surface area contributed by atoms with Gasteiger partial charge < -0.3 is 15.0 Å². The van der Waals surface area contributed by atoms with Crippen LogP contribution < -0.4 is 14.8 Å². The molecule has 3 rings (SSSR count). The molecule has 2 amide bonds. The van der Waals surface area contributed by atoms with Gasteiger partial charge in [-0.2, -0.15) is 4.72 Å². The van der Waals surface area contributed by atoms with Crippen molar-refractivity contribution in [2.45, 2.75) is 37.8 Å². The molecular weight excluding hydrogens is 456 g/mol. The van der Waals surface area contributed by atoms with Gasteiger partial charge in [0.05, 0.1) is 18.0 Å². The largest absolute Gasteiger partial charge is 0.497 e. The maximum absolute atomic E-state index is 13.0. The van der Waals surface area contributed by atoms with Crippen LogP contribution in [0.25, 0.3) is 0 Å². The standard InChI is InChI=1S/C24H32N4O5S/c1-18(26-34(31,32)23-11-7-21(8-12-23)25-19(2)29)24(30)28-14-4-13-27(15-16-28)17-20-5-9-22(33-3)10-6-20/h5-12,18,26H,4,13-17H2,1-3H3,(H,25,29)/t18-/m0/s1. The fraction of sp³-hybridized carbons (Fsp3) is 0.417.